The van der Waals surface area contributed by atoms with Gasteiger partial charge in [0.1, 0.15) is 5.65 Å². The number of carbonyl (C=O) groups excluding carboxylic acids is 2. The second kappa shape index (κ2) is 5.83. The molecule has 7 nitrogen and oxygen atoms in total. The first-order chi connectivity index (χ1) is 11.0. The van der Waals surface area contributed by atoms with Crippen LogP contribution in [0.3, 0.4) is 0 Å². The minimum atomic E-state index is -0.888. The Kier molecular flexibility index (Phi) is 3.85. The minimum absolute atomic E-state index is 0.0795. The molecule has 7 heteroatoms. The molecule has 120 valence electrons. The van der Waals surface area contributed by atoms with Gasteiger partial charge in [-0.05, 0) is 26.0 Å². The van der Waals surface area contributed by atoms with Crippen LogP contribution in [0.1, 0.15) is 23.9 Å². The fourth-order valence-electron chi connectivity index (χ4n) is 2.79. The van der Waals surface area contributed by atoms with Crippen molar-refractivity contribution in [1.82, 2.24) is 14.3 Å². The standard InChI is InChI=1S/C16H17N3O4/c1-3-23-16(22)15(21)18-8-7-12-11(9-18)14(20)19-10(2)5-4-6-13(19)17-12/h4-6H,3,7-9H2,1-2H3. The van der Waals surface area contributed by atoms with E-state index in [4.69, 9.17) is 4.74 Å². The predicted octanol–water partition coefficient (Wildman–Crippen LogP) is 0.451. The SMILES string of the molecule is CCOC(=O)C(=O)N1CCc2nc3cccc(C)n3c(=O)c2C1. The molecule has 2 aromatic heterocycles. The molecule has 23 heavy (non-hydrogen) atoms. The van der Waals surface area contributed by atoms with Gasteiger partial charge in [-0.25, -0.2) is 9.78 Å². The van der Waals surface area contributed by atoms with Crippen molar-refractivity contribution in [2.24, 2.45) is 0 Å². The fourth-order valence-corrected chi connectivity index (χ4v) is 2.79. The number of hydrogen-bond donors (Lipinski definition) is 0. The van der Waals surface area contributed by atoms with Gasteiger partial charge >= 0.3 is 11.9 Å². The zero-order chi connectivity index (χ0) is 16.6. The Labute approximate surface area is 132 Å². The maximum atomic E-state index is 12.7. The fraction of sp³-hybridized carbons (Fsp3) is 0.375. The number of carbonyl (C=O) groups is 2. The third-order valence-corrected chi connectivity index (χ3v) is 3.93. The van der Waals surface area contributed by atoms with Crippen LogP contribution in [0.2, 0.25) is 0 Å². The Morgan fingerprint density at radius 2 is 2.13 bits per heavy atom. The van der Waals surface area contributed by atoms with Gasteiger partial charge in [-0.3, -0.25) is 14.0 Å². The molecule has 0 bridgehead atoms. The summed E-state index contributed by atoms with van der Waals surface area (Å²) in [5.74, 6) is -1.60. The highest BCUT2D eigenvalue weighted by molar-refractivity contribution is 6.32. The second-order valence-corrected chi connectivity index (χ2v) is 5.40. The highest BCUT2D eigenvalue weighted by Gasteiger charge is 2.29. The van der Waals surface area contributed by atoms with Crippen LogP contribution in [-0.4, -0.2) is 39.3 Å². The second-order valence-electron chi connectivity index (χ2n) is 5.40. The number of amides is 1. The van der Waals surface area contributed by atoms with Gasteiger partial charge in [0.15, 0.2) is 0 Å². The summed E-state index contributed by atoms with van der Waals surface area (Å²) >= 11 is 0. The first-order valence-corrected chi connectivity index (χ1v) is 7.49. The molecule has 0 fully saturated rings. The van der Waals surface area contributed by atoms with Gasteiger partial charge in [0, 0.05) is 18.7 Å². The monoisotopic (exact) mass is 315 g/mol. The van der Waals surface area contributed by atoms with Crippen molar-refractivity contribution in [1.29, 1.82) is 0 Å². The number of esters is 1. The van der Waals surface area contributed by atoms with E-state index in [9.17, 15) is 14.4 Å². The van der Waals surface area contributed by atoms with Crippen LogP contribution < -0.4 is 5.56 Å². The summed E-state index contributed by atoms with van der Waals surface area (Å²) < 4.78 is 6.26. The molecule has 0 atom stereocenters. The third kappa shape index (κ3) is 2.58. The van der Waals surface area contributed by atoms with Crippen molar-refractivity contribution in [2.45, 2.75) is 26.8 Å². The summed E-state index contributed by atoms with van der Waals surface area (Å²) in [5.41, 5.74) is 2.33. The maximum absolute atomic E-state index is 12.7. The number of pyridine rings is 1. The third-order valence-electron chi connectivity index (χ3n) is 3.93. The van der Waals surface area contributed by atoms with E-state index in [1.165, 1.54) is 9.30 Å². The van der Waals surface area contributed by atoms with Crippen LogP contribution in [-0.2, 0) is 27.3 Å². The van der Waals surface area contributed by atoms with E-state index < -0.39 is 11.9 Å². The molecular weight excluding hydrogens is 298 g/mol. The molecule has 3 heterocycles. The summed E-state index contributed by atoms with van der Waals surface area (Å²) in [7, 11) is 0. The van der Waals surface area contributed by atoms with Crippen molar-refractivity contribution in [3.63, 3.8) is 0 Å². The number of aryl methyl sites for hydroxylation is 1. The van der Waals surface area contributed by atoms with Gasteiger partial charge in [0.05, 0.1) is 24.4 Å². The van der Waals surface area contributed by atoms with Crippen LogP contribution in [0.4, 0.5) is 0 Å². The average molecular weight is 315 g/mol. The van der Waals surface area contributed by atoms with Gasteiger partial charge in [-0.2, -0.15) is 0 Å². The summed E-state index contributed by atoms with van der Waals surface area (Å²) in [5, 5.41) is 0. The van der Waals surface area contributed by atoms with Gasteiger partial charge in [0.2, 0.25) is 0 Å². The molecular formula is C16H17N3O4. The van der Waals surface area contributed by atoms with Crippen molar-refractivity contribution in [2.75, 3.05) is 13.2 Å². The van der Waals surface area contributed by atoms with Gasteiger partial charge in [-0.15, -0.1) is 0 Å². The Morgan fingerprint density at radius 3 is 2.87 bits per heavy atom. The molecule has 1 amide bonds. The number of rotatable bonds is 1. The Balaban J connectivity index is 2.01. The van der Waals surface area contributed by atoms with Gasteiger partial charge in [0.25, 0.3) is 5.56 Å². The van der Waals surface area contributed by atoms with E-state index in [2.05, 4.69) is 4.98 Å². The number of hydrogen-bond acceptors (Lipinski definition) is 5. The minimum Gasteiger partial charge on any atom is -0.459 e. The predicted molar refractivity (Wildman–Crippen MR) is 82.0 cm³/mol. The molecule has 1 aliphatic rings. The molecule has 0 saturated heterocycles. The number of ether oxygens (including phenoxy) is 1. The lowest BCUT2D eigenvalue weighted by atomic mass is 10.1. The Hall–Kier alpha value is -2.70. The number of fused-ring (bicyclic) bond motifs is 2. The van der Waals surface area contributed by atoms with Gasteiger partial charge in [-0.1, -0.05) is 6.07 Å². The number of aromatic nitrogens is 2. The van der Waals surface area contributed by atoms with Crippen LogP contribution >= 0.6 is 0 Å². The zero-order valence-electron chi connectivity index (χ0n) is 13.0. The van der Waals surface area contributed by atoms with E-state index in [0.717, 1.165) is 5.69 Å². The topological polar surface area (TPSA) is 81.0 Å². The van der Waals surface area contributed by atoms with Crippen molar-refractivity contribution in [3.05, 3.63) is 45.5 Å². The quantitative estimate of drug-likeness (QED) is 0.564. The maximum Gasteiger partial charge on any atom is 0.397 e. The van der Waals surface area contributed by atoms with Crippen LogP contribution in [0, 0.1) is 6.92 Å². The van der Waals surface area contributed by atoms with E-state index in [0.29, 0.717) is 29.9 Å². The van der Waals surface area contributed by atoms with Crippen molar-refractivity contribution < 1.29 is 14.3 Å². The van der Waals surface area contributed by atoms with Crippen molar-refractivity contribution in [3.8, 4) is 0 Å². The van der Waals surface area contributed by atoms with E-state index in [1.54, 1.807) is 13.0 Å². The van der Waals surface area contributed by atoms with Crippen LogP contribution in [0.25, 0.3) is 5.65 Å². The zero-order valence-corrected chi connectivity index (χ0v) is 13.0. The molecule has 0 radical (unpaired) electrons. The molecule has 1 aliphatic heterocycles. The molecule has 0 saturated carbocycles. The van der Waals surface area contributed by atoms with Crippen LogP contribution in [0.15, 0.2) is 23.0 Å². The largest absolute Gasteiger partial charge is 0.459 e. The lowest BCUT2D eigenvalue weighted by Gasteiger charge is -2.27. The van der Waals surface area contributed by atoms with E-state index >= 15 is 0 Å². The number of nitrogens with zero attached hydrogens (tertiary/aromatic N) is 3. The summed E-state index contributed by atoms with van der Waals surface area (Å²) in [6.45, 7) is 4.03. The summed E-state index contributed by atoms with van der Waals surface area (Å²) in [4.78, 5) is 42.2. The molecule has 3 rings (SSSR count). The molecule has 0 aliphatic carbocycles. The smallest absolute Gasteiger partial charge is 0.397 e. The highest BCUT2D eigenvalue weighted by Crippen LogP contribution is 2.16. The Bertz CT molecular complexity index is 856. The Morgan fingerprint density at radius 1 is 1.35 bits per heavy atom. The lowest BCUT2D eigenvalue weighted by molar-refractivity contribution is -0.160. The van der Waals surface area contributed by atoms with Crippen molar-refractivity contribution >= 4 is 17.5 Å². The molecule has 0 spiro atoms. The lowest BCUT2D eigenvalue weighted by Crippen LogP contribution is -2.43. The molecule has 0 N–H and O–H groups in total. The van der Waals surface area contributed by atoms with Crippen LogP contribution in [0.5, 0.6) is 0 Å². The average Bonchev–Trinajstić information content (AvgIpc) is 2.54. The molecule has 0 unspecified atom stereocenters. The molecule has 0 aromatic carbocycles. The summed E-state index contributed by atoms with van der Waals surface area (Å²) in [6.07, 6.45) is 0.445. The normalized spacial score (nSPS) is 13.7. The molecule has 2 aromatic rings. The first-order valence-electron chi connectivity index (χ1n) is 7.49. The highest BCUT2D eigenvalue weighted by atomic mass is 16.5. The van der Waals surface area contributed by atoms with Gasteiger partial charge < -0.3 is 9.64 Å². The first kappa shape index (κ1) is 15.2. The van der Waals surface area contributed by atoms with E-state index in [-0.39, 0.29) is 18.7 Å². The summed E-state index contributed by atoms with van der Waals surface area (Å²) in [6, 6.07) is 5.46. The van der Waals surface area contributed by atoms with E-state index in [1.807, 2.05) is 19.1 Å².